The topological polar surface area (TPSA) is 35.5 Å². The first-order valence-corrected chi connectivity index (χ1v) is 6.42. The smallest absolute Gasteiger partial charge is 0.0791 e. The molecule has 2 atom stereocenters. The number of nitrogens with zero attached hydrogens (tertiary/aromatic N) is 1. The van der Waals surface area contributed by atoms with E-state index >= 15 is 0 Å². The average Bonchev–Trinajstić information content (AvgIpc) is 2.95. The van der Waals surface area contributed by atoms with Gasteiger partial charge in [0.1, 0.15) is 0 Å². The second kappa shape index (κ2) is 5.48. The highest BCUT2D eigenvalue weighted by Crippen LogP contribution is 2.23. The molecule has 0 aromatic rings. The summed E-state index contributed by atoms with van der Waals surface area (Å²) < 4.78 is 0. The molecular weight excluding hydrogens is 200 g/mol. The molecule has 0 amide bonds. The van der Waals surface area contributed by atoms with Gasteiger partial charge in [-0.25, -0.2) is 0 Å². The first-order chi connectivity index (χ1) is 7.30. The predicted octanol–water partition coefficient (Wildman–Crippen LogP) is 1.47. The van der Waals surface area contributed by atoms with E-state index in [4.69, 9.17) is 0 Å². The molecule has 1 fully saturated rings. The van der Waals surface area contributed by atoms with Crippen LogP contribution in [-0.4, -0.2) is 48.3 Å². The summed E-state index contributed by atoms with van der Waals surface area (Å²) in [7, 11) is 2.09. The van der Waals surface area contributed by atoms with Crippen LogP contribution in [0.2, 0.25) is 0 Å². The Balaban J connectivity index is 2.22. The van der Waals surface area contributed by atoms with Gasteiger partial charge in [-0.05, 0) is 32.2 Å². The van der Waals surface area contributed by atoms with E-state index in [1.54, 1.807) is 0 Å². The molecule has 0 saturated heterocycles. The van der Waals surface area contributed by atoms with Crippen molar-refractivity contribution in [3.63, 3.8) is 0 Å². The van der Waals surface area contributed by atoms with E-state index in [0.717, 1.165) is 13.1 Å². The molecule has 0 bridgehead atoms. The van der Waals surface area contributed by atoms with E-state index in [1.165, 1.54) is 12.8 Å². The second-order valence-corrected chi connectivity index (χ2v) is 6.32. The Morgan fingerprint density at radius 2 is 1.94 bits per heavy atom. The summed E-state index contributed by atoms with van der Waals surface area (Å²) in [4.78, 5) is 2.25. The summed E-state index contributed by atoms with van der Waals surface area (Å²) >= 11 is 0. The molecule has 2 N–H and O–H groups in total. The number of rotatable bonds is 6. The zero-order valence-electron chi connectivity index (χ0n) is 11.5. The quantitative estimate of drug-likeness (QED) is 0.722. The van der Waals surface area contributed by atoms with E-state index in [1.807, 2.05) is 0 Å². The monoisotopic (exact) mass is 228 g/mol. The van der Waals surface area contributed by atoms with Gasteiger partial charge in [0.05, 0.1) is 6.10 Å². The number of likely N-dealkylation sites (N-methyl/N-ethyl adjacent to an activating group) is 1. The molecule has 0 radical (unpaired) electrons. The molecule has 1 aliphatic rings. The highest BCUT2D eigenvalue weighted by molar-refractivity contribution is 4.83. The van der Waals surface area contributed by atoms with Crippen LogP contribution in [0.25, 0.3) is 0 Å². The molecule has 0 aromatic carbocycles. The molecule has 1 rings (SSSR count). The van der Waals surface area contributed by atoms with Crippen molar-refractivity contribution in [3.05, 3.63) is 0 Å². The molecular formula is C13H28N2O. The van der Waals surface area contributed by atoms with Crippen LogP contribution in [0.1, 0.15) is 40.5 Å². The van der Waals surface area contributed by atoms with Crippen LogP contribution in [0, 0.1) is 5.41 Å². The van der Waals surface area contributed by atoms with Crippen molar-refractivity contribution in [1.82, 2.24) is 10.2 Å². The molecule has 0 heterocycles. The summed E-state index contributed by atoms with van der Waals surface area (Å²) in [5.74, 6) is 0. The van der Waals surface area contributed by atoms with Gasteiger partial charge in [-0.3, -0.25) is 0 Å². The van der Waals surface area contributed by atoms with Crippen molar-refractivity contribution < 1.29 is 5.11 Å². The molecule has 1 aliphatic carbocycles. The van der Waals surface area contributed by atoms with Gasteiger partial charge in [-0.1, -0.05) is 20.8 Å². The standard InChI is InChI=1S/C13H28N2O/c1-10(13(2,3)4)15(5)9-12(16)8-14-11-6-7-11/h10-12,14,16H,6-9H2,1-5H3. The van der Waals surface area contributed by atoms with Crippen LogP contribution in [0.5, 0.6) is 0 Å². The van der Waals surface area contributed by atoms with Crippen molar-refractivity contribution in [2.45, 2.75) is 58.7 Å². The van der Waals surface area contributed by atoms with Crippen LogP contribution in [0.15, 0.2) is 0 Å². The van der Waals surface area contributed by atoms with Crippen molar-refractivity contribution in [2.24, 2.45) is 5.41 Å². The third-order valence-electron chi connectivity index (χ3n) is 3.63. The third-order valence-corrected chi connectivity index (χ3v) is 3.63. The minimum atomic E-state index is -0.254. The van der Waals surface area contributed by atoms with E-state index in [2.05, 4.69) is 45.0 Å². The molecule has 96 valence electrons. The molecule has 16 heavy (non-hydrogen) atoms. The van der Waals surface area contributed by atoms with Gasteiger partial charge in [0.25, 0.3) is 0 Å². The number of hydrogen-bond donors (Lipinski definition) is 2. The van der Waals surface area contributed by atoms with Crippen molar-refractivity contribution in [1.29, 1.82) is 0 Å². The lowest BCUT2D eigenvalue weighted by Gasteiger charge is -2.36. The van der Waals surface area contributed by atoms with Crippen LogP contribution in [0.3, 0.4) is 0 Å². The van der Waals surface area contributed by atoms with Crippen molar-refractivity contribution in [2.75, 3.05) is 20.1 Å². The average molecular weight is 228 g/mol. The maximum Gasteiger partial charge on any atom is 0.0791 e. The van der Waals surface area contributed by atoms with E-state index in [-0.39, 0.29) is 11.5 Å². The summed E-state index contributed by atoms with van der Waals surface area (Å²) in [6.45, 7) is 10.4. The fourth-order valence-corrected chi connectivity index (χ4v) is 1.81. The minimum Gasteiger partial charge on any atom is -0.390 e. The summed E-state index contributed by atoms with van der Waals surface area (Å²) in [5, 5.41) is 13.3. The normalized spacial score (nSPS) is 21.2. The zero-order chi connectivity index (χ0) is 12.3. The van der Waals surface area contributed by atoms with Gasteiger partial charge in [0.15, 0.2) is 0 Å². The molecule has 1 saturated carbocycles. The lowest BCUT2D eigenvalue weighted by Crippen LogP contribution is -2.45. The van der Waals surface area contributed by atoms with E-state index in [0.29, 0.717) is 12.1 Å². The number of hydrogen-bond acceptors (Lipinski definition) is 3. The van der Waals surface area contributed by atoms with Gasteiger partial charge < -0.3 is 15.3 Å². The Morgan fingerprint density at radius 1 is 1.38 bits per heavy atom. The van der Waals surface area contributed by atoms with Crippen molar-refractivity contribution in [3.8, 4) is 0 Å². The number of aliphatic hydroxyl groups is 1. The maximum atomic E-state index is 9.91. The summed E-state index contributed by atoms with van der Waals surface area (Å²) in [6, 6.07) is 1.16. The third kappa shape index (κ3) is 4.81. The maximum absolute atomic E-state index is 9.91. The SMILES string of the molecule is CC(N(C)CC(O)CNC1CC1)C(C)(C)C. The lowest BCUT2D eigenvalue weighted by atomic mass is 9.87. The predicted molar refractivity (Wildman–Crippen MR) is 68.6 cm³/mol. The van der Waals surface area contributed by atoms with Gasteiger partial charge in [0.2, 0.25) is 0 Å². The van der Waals surface area contributed by atoms with Crippen LogP contribution in [0.4, 0.5) is 0 Å². The largest absolute Gasteiger partial charge is 0.390 e. The molecule has 3 heteroatoms. The molecule has 0 aromatic heterocycles. The minimum absolute atomic E-state index is 0.254. The first-order valence-electron chi connectivity index (χ1n) is 6.42. The Morgan fingerprint density at radius 3 is 2.38 bits per heavy atom. The fraction of sp³-hybridized carbons (Fsp3) is 1.00. The summed E-state index contributed by atoms with van der Waals surface area (Å²) in [5.41, 5.74) is 0.262. The van der Waals surface area contributed by atoms with Gasteiger partial charge in [0, 0.05) is 25.2 Å². The fourth-order valence-electron chi connectivity index (χ4n) is 1.81. The van der Waals surface area contributed by atoms with Gasteiger partial charge in [-0.2, -0.15) is 0 Å². The highest BCUT2D eigenvalue weighted by atomic mass is 16.3. The van der Waals surface area contributed by atoms with Crippen LogP contribution >= 0.6 is 0 Å². The zero-order valence-corrected chi connectivity index (χ0v) is 11.5. The van der Waals surface area contributed by atoms with Gasteiger partial charge in [-0.15, -0.1) is 0 Å². The second-order valence-electron chi connectivity index (χ2n) is 6.32. The Kier molecular flexibility index (Phi) is 4.77. The van der Waals surface area contributed by atoms with Crippen molar-refractivity contribution >= 4 is 0 Å². The number of nitrogens with one attached hydrogen (secondary N) is 1. The van der Waals surface area contributed by atoms with E-state index in [9.17, 15) is 5.11 Å². The molecule has 2 unspecified atom stereocenters. The summed E-state index contributed by atoms with van der Waals surface area (Å²) in [6.07, 6.45) is 2.30. The highest BCUT2D eigenvalue weighted by Gasteiger charge is 2.26. The molecule has 0 aliphatic heterocycles. The Hall–Kier alpha value is -0.120. The Labute approximate surface area is 100 Å². The lowest BCUT2D eigenvalue weighted by molar-refractivity contribution is 0.0713. The Bertz CT molecular complexity index is 208. The first kappa shape index (κ1) is 13.9. The van der Waals surface area contributed by atoms with Crippen LogP contribution in [-0.2, 0) is 0 Å². The number of aliphatic hydroxyl groups excluding tert-OH is 1. The van der Waals surface area contributed by atoms with E-state index < -0.39 is 0 Å². The van der Waals surface area contributed by atoms with Gasteiger partial charge >= 0.3 is 0 Å². The van der Waals surface area contributed by atoms with Crippen LogP contribution < -0.4 is 5.32 Å². The molecule has 3 nitrogen and oxygen atoms in total. The molecule has 0 spiro atoms.